The highest BCUT2D eigenvalue weighted by Gasteiger charge is 2.65. The number of carbonyl (C=O) groups is 1. The zero-order chi connectivity index (χ0) is 19.6. The van der Waals surface area contributed by atoms with Crippen molar-refractivity contribution in [3.8, 4) is 5.75 Å². The Morgan fingerprint density at radius 1 is 1.37 bits per heavy atom. The van der Waals surface area contributed by atoms with Gasteiger partial charge in [0.15, 0.2) is 0 Å². The molecule has 5 nitrogen and oxygen atoms in total. The van der Waals surface area contributed by atoms with Crippen molar-refractivity contribution in [2.45, 2.75) is 44.6 Å². The van der Waals surface area contributed by atoms with E-state index in [9.17, 15) is 13.6 Å². The number of rotatable bonds is 4. The van der Waals surface area contributed by atoms with E-state index in [0.29, 0.717) is 12.2 Å². The van der Waals surface area contributed by atoms with Crippen LogP contribution in [0.25, 0.3) is 0 Å². The standard InChI is InChI=1S/C20H22F2N2O3/c1-19(2)14-7-8-20(19,15-9-11(26-4)5-6-12(14)15)27-18(25)13-10-24(3)23-16(13)17(21)22/h5-6,9-10,14,17H,7-8H2,1-4H3. The van der Waals surface area contributed by atoms with Gasteiger partial charge in [0.2, 0.25) is 0 Å². The molecule has 2 aliphatic carbocycles. The van der Waals surface area contributed by atoms with E-state index >= 15 is 0 Å². The molecule has 0 N–H and O–H groups in total. The van der Waals surface area contributed by atoms with Gasteiger partial charge in [0.05, 0.1) is 7.11 Å². The number of hydrogen-bond acceptors (Lipinski definition) is 4. The molecule has 0 saturated heterocycles. The van der Waals surface area contributed by atoms with Gasteiger partial charge in [0, 0.05) is 24.2 Å². The smallest absolute Gasteiger partial charge is 0.342 e. The van der Waals surface area contributed by atoms with Gasteiger partial charge in [-0.25, -0.2) is 13.6 Å². The Morgan fingerprint density at radius 2 is 2.11 bits per heavy atom. The summed E-state index contributed by atoms with van der Waals surface area (Å²) in [6.07, 6.45) is -0.0113. The van der Waals surface area contributed by atoms with Crippen LogP contribution < -0.4 is 4.74 Å². The van der Waals surface area contributed by atoms with Gasteiger partial charge in [0.25, 0.3) is 6.43 Å². The summed E-state index contributed by atoms with van der Waals surface area (Å²) in [6, 6.07) is 5.83. The normalized spacial score (nSPS) is 24.9. The van der Waals surface area contributed by atoms with E-state index in [0.717, 1.165) is 17.5 Å². The van der Waals surface area contributed by atoms with E-state index < -0.39 is 23.7 Å². The Kier molecular flexibility index (Phi) is 3.84. The second-order valence-corrected chi connectivity index (χ2v) is 7.89. The Hall–Kier alpha value is -2.44. The van der Waals surface area contributed by atoms with E-state index in [4.69, 9.17) is 9.47 Å². The van der Waals surface area contributed by atoms with Crippen molar-refractivity contribution in [1.82, 2.24) is 9.78 Å². The summed E-state index contributed by atoms with van der Waals surface area (Å²) in [6.45, 7) is 4.14. The molecular formula is C20H22F2N2O3. The minimum Gasteiger partial charge on any atom is -0.497 e. The topological polar surface area (TPSA) is 53.4 Å². The summed E-state index contributed by atoms with van der Waals surface area (Å²) in [4.78, 5) is 12.9. The number of alkyl halides is 2. The minimum absolute atomic E-state index is 0.183. The maximum atomic E-state index is 13.3. The fourth-order valence-electron chi connectivity index (χ4n) is 4.93. The van der Waals surface area contributed by atoms with Gasteiger partial charge in [-0.05, 0) is 36.5 Å². The molecule has 2 bridgehead atoms. The number of nitrogens with zero attached hydrogens (tertiary/aromatic N) is 2. The molecule has 1 aromatic heterocycles. The van der Waals surface area contributed by atoms with Crippen molar-refractivity contribution in [2.24, 2.45) is 12.5 Å². The summed E-state index contributed by atoms with van der Waals surface area (Å²) in [5.74, 6) is 0.166. The van der Waals surface area contributed by atoms with Crippen molar-refractivity contribution >= 4 is 5.97 Å². The predicted molar refractivity (Wildman–Crippen MR) is 94.0 cm³/mol. The lowest BCUT2D eigenvalue weighted by Gasteiger charge is -2.38. The molecule has 0 amide bonds. The maximum absolute atomic E-state index is 13.3. The molecule has 2 aromatic rings. The highest BCUT2D eigenvalue weighted by atomic mass is 19.3. The molecule has 4 rings (SSSR count). The minimum atomic E-state index is -2.84. The van der Waals surface area contributed by atoms with E-state index in [2.05, 4.69) is 18.9 Å². The third kappa shape index (κ3) is 2.33. The Morgan fingerprint density at radius 3 is 2.78 bits per heavy atom. The van der Waals surface area contributed by atoms with E-state index in [-0.39, 0.29) is 16.9 Å². The molecule has 2 unspecified atom stereocenters. The van der Waals surface area contributed by atoms with Crippen LogP contribution in [0.15, 0.2) is 24.4 Å². The Labute approximate surface area is 156 Å². The summed E-state index contributed by atoms with van der Waals surface area (Å²) in [5, 5.41) is 3.72. The van der Waals surface area contributed by atoms with Crippen LogP contribution in [0.4, 0.5) is 8.78 Å². The van der Waals surface area contributed by atoms with Crippen molar-refractivity contribution in [3.63, 3.8) is 0 Å². The van der Waals surface area contributed by atoms with Crippen LogP contribution in [0.2, 0.25) is 0 Å². The number of hydrogen-bond donors (Lipinski definition) is 0. The maximum Gasteiger partial charge on any atom is 0.342 e. The first-order valence-electron chi connectivity index (χ1n) is 8.94. The van der Waals surface area contributed by atoms with Gasteiger partial charge in [-0.2, -0.15) is 5.10 Å². The molecule has 0 spiro atoms. The zero-order valence-corrected chi connectivity index (χ0v) is 15.8. The van der Waals surface area contributed by atoms with Gasteiger partial charge >= 0.3 is 5.97 Å². The Balaban J connectivity index is 1.78. The van der Waals surface area contributed by atoms with Gasteiger partial charge in [-0.15, -0.1) is 0 Å². The number of fused-ring (bicyclic) bond motifs is 5. The molecule has 1 fully saturated rings. The van der Waals surface area contributed by atoms with Crippen LogP contribution in [0.5, 0.6) is 5.75 Å². The van der Waals surface area contributed by atoms with Crippen LogP contribution >= 0.6 is 0 Å². The predicted octanol–water partition coefficient (Wildman–Crippen LogP) is 4.34. The molecule has 1 heterocycles. The molecule has 0 radical (unpaired) electrons. The SMILES string of the molecule is COc1ccc2c(c1)C1(OC(=O)c3cn(C)nc3C(F)F)CCC2C1(C)C. The fraction of sp³-hybridized carbons (Fsp3) is 0.500. The number of halogens is 2. The third-order valence-corrected chi connectivity index (χ3v) is 6.32. The average Bonchev–Trinajstić information content (AvgIpc) is 3.19. The van der Waals surface area contributed by atoms with E-state index in [1.807, 2.05) is 18.2 Å². The highest BCUT2D eigenvalue weighted by Crippen LogP contribution is 2.68. The summed E-state index contributed by atoms with van der Waals surface area (Å²) in [5.41, 5.74) is 0.116. The van der Waals surface area contributed by atoms with Crippen LogP contribution in [0, 0.1) is 5.41 Å². The molecule has 2 aliphatic rings. The van der Waals surface area contributed by atoms with Crippen molar-refractivity contribution in [2.75, 3.05) is 7.11 Å². The number of aromatic nitrogens is 2. The molecule has 27 heavy (non-hydrogen) atoms. The molecule has 1 saturated carbocycles. The van der Waals surface area contributed by atoms with Crippen molar-refractivity contribution in [1.29, 1.82) is 0 Å². The van der Waals surface area contributed by atoms with Gasteiger partial charge in [-0.3, -0.25) is 4.68 Å². The monoisotopic (exact) mass is 376 g/mol. The third-order valence-electron chi connectivity index (χ3n) is 6.32. The molecule has 1 aromatic carbocycles. The summed E-state index contributed by atoms with van der Waals surface area (Å²) in [7, 11) is 3.09. The zero-order valence-electron chi connectivity index (χ0n) is 15.8. The number of benzene rings is 1. The molecule has 144 valence electrons. The van der Waals surface area contributed by atoms with Crippen LogP contribution in [0.1, 0.15) is 66.2 Å². The lowest BCUT2D eigenvalue weighted by Crippen LogP contribution is -2.39. The lowest BCUT2D eigenvalue weighted by atomic mass is 9.76. The number of carbonyl (C=O) groups excluding carboxylic acids is 1. The number of ether oxygens (including phenoxy) is 2. The van der Waals surface area contributed by atoms with Gasteiger partial charge in [0.1, 0.15) is 22.6 Å². The summed E-state index contributed by atoms with van der Waals surface area (Å²) >= 11 is 0. The first-order valence-corrected chi connectivity index (χ1v) is 8.94. The van der Waals surface area contributed by atoms with Crippen molar-refractivity contribution in [3.05, 3.63) is 46.8 Å². The van der Waals surface area contributed by atoms with Gasteiger partial charge in [-0.1, -0.05) is 19.9 Å². The first-order chi connectivity index (χ1) is 12.7. The molecule has 0 aliphatic heterocycles. The van der Waals surface area contributed by atoms with Crippen LogP contribution in [-0.2, 0) is 17.4 Å². The van der Waals surface area contributed by atoms with E-state index in [1.54, 1.807) is 7.11 Å². The largest absolute Gasteiger partial charge is 0.497 e. The summed E-state index contributed by atoms with van der Waals surface area (Å²) < 4.78 is 39.2. The second kappa shape index (κ2) is 5.78. The molecule has 2 atom stereocenters. The molecule has 7 heteroatoms. The molecular weight excluding hydrogens is 354 g/mol. The van der Waals surface area contributed by atoms with Crippen LogP contribution in [-0.4, -0.2) is 22.9 Å². The average molecular weight is 376 g/mol. The van der Waals surface area contributed by atoms with Gasteiger partial charge < -0.3 is 9.47 Å². The lowest BCUT2D eigenvalue weighted by molar-refractivity contribution is -0.0686. The quantitative estimate of drug-likeness (QED) is 0.745. The first kappa shape index (κ1) is 17.9. The highest BCUT2D eigenvalue weighted by molar-refractivity contribution is 5.91. The second-order valence-electron chi connectivity index (χ2n) is 7.89. The van der Waals surface area contributed by atoms with Crippen LogP contribution in [0.3, 0.4) is 0 Å². The fourth-order valence-corrected chi connectivity index (χ4v) is 4.93. The number of aryl methyl sites for hydroxylation is 1. The number of methoxy groups -OCH3 is 1. The van der Waals surface area contributed by atoms with E-state index in [1.165, 1.54) is 17.9 Å². The van der Waals surface area contributed by atoms with Crippen molar-refractivity contribution < 1.29 is 23.0 Å². The number of esters is 1. The Bertz CT molecular complexity index is 922.